The Hall–Kier alpha value is -1.79. The van der Waals surface area contributed by atoms with Crippen molar-refractivity contribution in [3.05, 3.63) is 29.8 Å². The lowest BCUT2D eigenvalue weighted by atomic mass is 10.2. The molecule has 136 valence electrons. The number of methoxy groups -OCH3 is 1. The number of hydrogen-bond acceptors (Lipinski definition) is 4. The Balaban J connectivity index is 2.15. The molecular formula is C18H31N3O3. The molecule has 24 heavy (non-hydrogen) atoms. The lowest BCUT2D eigenvalue weighted by Crippen LogP contribution is -2.42. The Bertz CT molecular complexity index is 463. The van der Waals surface area contributed by atoms with Crippen molar-refractivity contribution < 1.29 is 14.2 Å². The van der Waals surface area contributed by atoms with Crippen LogP contribution in [0, 0.1) is 6.92 Å². The minimum Gasteiger partial charge on any atom is -0.489 e. The molecule has 0 aliphatic carbocycles. The van der Waals surface area contributed by atoms with Crippen LogP contribution in [0.5, 0.6) is 5.75 Å². The molecule has 0 saturated heterocycles. The largest absolute Gasteiger partial charge is 0.489 e. The van der Waals surface area contributed by atoms with Gasteiger partial charge in [0.05, 0.1) is 19.8 Å². The average Bonchev–Trinajstić information content (AvgIpc) is 2.58. The zero-order valence-electron chi connectivity index (χ0n) is 15.3. The van der Waals surface area contributed by atoms with Gasteiger partial charge in [0.25, 0.3) is 0 Å². The second kappa shape index (κ2) is 12.6. The van der Waals surface area contributed by atoms with E-state index in [0.29, 0.717) is 26.4 Å². The number of ether oxygens (including phenoxy) is 3. The van der Waals surface area contributed by atoms with Gasteiger partial charge in [0.15, 0.2) is 5.96 Å². The van der Waals surface area contributed by atoms with E-state index in [1.165, 1.54) is 5.56 Å². The first-order valence-electron chi connectivity index (χ1n) is 8.40. The van der Waals surface area contributed by atoms with Crippen molar-refractivity contribution in [3.8, 4) is 5.75 Å². The molecule has 1 aromatic rings. The van der Waals surface area contributed by atoms with E-state index in [-0.39, 0.29) is 6.10 Å². The van der Waals surface area contributed by atoms with E-state index < -0.39 is 0 Å². The molecular weight excluding hydrogens is 306 g/mol. The van der Waals surface area contributed by atoms with Crippen molar-refractivity contribution in [2.45, 2.75) is 26.4 Å². The fraction of sp³-hybridized carbons (Fsp3) is 0.611. The monoisotopic (exact) mass is 337 g/mol. The standard InChI is InChI=1S/C18H31N3O3/c1-15-6-8-17(9-7-15)24-16(2)14-21-18(19-3)20-10-5-11-23-13-12-22-4/h6-9,16H,5,10-14H2,1-4H3,(H2,19,20,21). The predicted octanol–water partition coefficient (Wildman–Crippen LogP) is 1.98. The number of nitrogens with zero attached hydrogens (tertiary/aromatic N) is 1. The quantitative estimate of drug-likeness (QED) is 0.367. The van der Waals surface area contributed by atoms with Gasteiger partial charge in [0.2, 0.25) is 0 Å². The van der Waals surface area contributed by atoms with Gasteiger partial charge < -0.3 is 24.8 Å². The van der Waals surface area contributed by atoms with Gasteiger partial charge in [-0.3, -0.25) is 4.99 Å². The summed E-state index contributed by atoms with van der Waals surface area (Å²) >= 11 is 0. The van der Waals surface area contributed by atoms with Crippen molar-refractivity contribution in [3.63, 3.8) is 0 Å². The third-order valence-electron chi connectivity index (χ3n) is 3.33. The van der Waals surface area contributed by atoms with E-state index >= 15 is 0 Å². The van der Waals surface area contributed by atoms with Crippen LogP contribution in [0.25, 0.3) is 0 Å². The number of rotatable bonds is 11. The van der Waals surface area contributed by atoms with Crippen LogP contribution < -0.4 is 15.4 Å². The molecule has 1 rings (SSSR count). The van der Waals surface area contributed by atoms with Crippen molar-refractivity contribution in [2.75, 3.05) is 47.1 Å². The summed E-state index contributed by atoms with van der Waals surface area (Å²) in [6, 6.07) is 8.07. The maximum Gasteiger partial charge on any atom is 0.191 e. The first-order chi connectivity index (χ1) is 11.7. The summed E-state index contributed by atoms with van der Waals surface area (Å²) < 4.78 is 16.2. The summed E-state index contributed by atoms with van der Waals surface area (Å²) in [5.74, 6) is 1.65. The molecule has 1 atom stereocenters. The summed E-state index contributed by atoms with van der Waals surface area (Å²) in [4.78, 5) is 4.20. The number of guanidine groups is 1. The highest BCUT2D eigenvalue weighted by Crippen LogP contribution is 2.12. The van der Waals surface area contributed by atoms with Crippen LogP contribution >= 0.6 is 0 Å². The Labute approximate surface area is 145 Å². The second-order valence-corrected chi connectivity index (χ2v) is 5.58. The van der Waals surface area contributed by atoms with Gasteiger partial charge in [-0.25, -0.2) is 0 Å². The van der Waals surface area contributed by atoms with E-state index in [0.717, 1.165) is 24.7 Å². The van der Waals surface area contributed by atoms with E-state index in [2.05, 4.69) is 22.5 Å². The third-order valence-corrected chi connectivity index (χ3v) is 3.33. The molecule has 6 nitrogen and oxygen atoms in total. The summed E-state index contributed by atoms with van der Waals surface area (Å²) in [6.07, 6.45) is 0.962. The van der Waals surface area contributed by atoms with Gasteiger partial charge in [-0.2, -0.15) is 0 Å². The van der Waals surface area contributed by atoms with Crippen LogP contribution in [0.2, 0.25) is 0 Å². The molecule has 0 spiro atoms. The SMILES string of the molecule is CN=C(NCCCOCCOC)NCC(C)Oc1ccc(C)cc1. The number of hydrogen-bond donors (Lipinski definition) is 2. The summed E-state index contributed by atoms with van der Waals surface area (Å²) in [6.45, 7) is 7.56. The van der Waals surface area contributed by atoms with Crippen LogP contribution in [-0.2, 0) is 9.47 Å². The lowest BCUT2D eigenvalue weighted by molar-refractivity contribution is 0.0698. The molecule has 0 bridgehead atoms. The molecule has 0 aliphatic heterocycles. The average molecular weight is 337 g/mol. The number of aliphatic imine (C=N–C) groups is 1. The Morgan fingerprint density at radius 2 is 1.88 bits per heavy atom. The van der Waals surface area contributed by atoms with Crippen molar-refractivity contribution in [1.82, 2.24) is 10.6 Å². The Kier molecular flexibility index (Phi) is 10.6. The van der Waals surface area contributed by atoms with Crippen molar-refractivity contribution in [2.24, 2.45) is 4.99 Å². The Morgan fingerprint density at radius 3 is 2.54 bits per heavy atom. The van der Waals surface area contributed by atoms with Gasteiger partial charge >= 0.3 is 0 Å². The topological polar surface area (TPSA) is 64.1 Å². The zero-order valence-corrected chi connectivity index (χ0v) is 15.3. The van der Waals surface area contributed by atoms with Crippen LogP contribution in [0.4, 0.5) is 0 Å². The molecule has 6 heteroatoms. The lowest BCUT2D eigenvalue weighted by Gasteiger charge is -2.18. The molecule has 0 fully saturated rings. The maximum atomic E-state index is 5.87. The molecule has 0 saturated carbocycles. The minimum absolute atomic E-state index is 0.0450. The van der Waals surface area contributed by atoms with Crippen LogP contribution in [-0.4, -0.2) is 59.1 Å². The normalized spacial score (nSPS) is 12.8. The number of nitrogens with one attached hydrogen (secondary N) is 2. The maximum absolute atomic E-state index is 5.87. The van der Waals surface area contributed by atoms with Crippen molar-refractivity contribution in [1.29, 1.82) is 0 Å². The molecule has 0 radical (unpaired) electrons. The van der Waals surface area contributed by atoms with E-state index in [9.17, 15) is 0 Å². The highest BCUT2D eigenvalue weighted by atomic mass is 16.5. The Morgan fingerprint density at radius 1 is 1.12 bits per heavy atom. The molecule has 2 N–H and O–H groups in total. The number of aryl methyl sites for hydroxylation is 1. The van der Waals surface area contributed by atoms with Gasteiger partial charge in [-0.05, 0) is 32.4 Å². The smallest absolute Gasteiger partial charge is 0.191 e. The molecule has 1 unspecified atom stereocenters. The zero-order chi connectivity index (χ0) is 17.6. The first-order valence-corrected chi connectivity index (χ1v) is 8.40. The first kappa shape index (κ1) is 20.3. The van der Waals surface area contributed by atoms with Crippen LogP contribution in [0.3, 0.4) is 0 Å². The molecule has 1 aromatic carbocycles. The summed E-state index contributed by atoms with van der Waals surface area (Å²) in [5, 5.41) is 6.52. The highest BCUT2D eigenvalue weighted by molar-refractivity contribution is 5.79. The number of benzene rings is 1. The summed E-state index contributed by atoms with van der Waals surface area (Å²) in [5.41, 5.74) is 1.23. The molecule has 0 heterocycles. The van der Waals surface area contributed by atoms with Gasteiger partial charge in [-0.15, -0.1) is 0 Å². The van der Waals surface area contributed by atoms with E-state index in [1.807, 2.05) is 31.2 Å². The molecule has 0 aromatic heterocycles. The third kappa shape index (κ3) is 9.37. The van der Waals surface area contributed by atoms with Crippen molar-refractivity contribution >= 4 is 5.96 Å². The summed E-state index contributed by atoms with van der Waals surface area (Å²) in [7, 11) is 3.43. The van der Waals surface area contributed by atoms with Gasteiger partial charge in [0.1, 0.15) is 11.9 Å². The fourth-order valence-electron chi connectivity index (χ4n) is 1.98. The van der Waals surface area contributed by atoms with E-state index in [4.69, 9.17) is 14.2 Å². The minimum atomic E-state index is 0.0450. The van der Waals surface area contributed by atoms with Crippen LogP contribution in [0.15, 0.2) is 29.3 Å². The van der Waals surface area contributed by atoms with Gasteiger partial charge in [0, 0.05) is 27.3 Å². The molecule has 0 amide bonds. The molecule has 0 aliphatic rings. The van der Waals surface area contributed by atoms with Crippen LogP contribution in [0.1, 0.15) is 18.9 Å². The second-order valence-electron chi connectivity index (χ2n) is 5.58. The van der Waals surface area contributed by atoms with E-state index in [1.54, 1.807) is 14.2 Å². The van der Waals surface area contributed by atoms with Gasteiger partial charge in [-0.1, -0.05) is 17.7 Å². The fourth-order valence-corrected chi connectivity index (χ4v) is 1.98. The predicted molar refractivity (Wildman–Crippen MR) is 97.9 cm³/mol. The highest BCUT2D eigenvalue weighted by Gasteiger charge is 2.05.